The summed E-state index contributed by atoms with van der Waals surface area (Å²) in [5.74, 6) is 0. The molecule has 0 aliphatic carbocycles. The molecule has 0 spiro atoms. The topological polar surface area (TPSA) is 37.4 Å². The van der Waals surface area contributed by atoms with Gasteiger partial charge in [0, 0.05) is 13.1 Å². The minimum atomic E-state index is -3.55. The van der Waals surface area contributed by atoms with Gasteiger partial charge in [0.1, 0.15) is 0 Å². The molecule has 3 nitrogen and oxygen atoms in total. The van der Waals surface area contributed by atoms with Gasteiger partial charge < -0.3 is 0 Å². The maximum absolute atomic E-state index is 13.0. The molecule has 0 aromatic heterocycles. The normalized spacial score (nSPS) is 11.6. The van der Waals surface area contributed by atoms with Crippen LogP contribution in [0.1, 0.15) is 16.7 Å². The first-order chi connectivity index (χ1) is 10.4. The van der Waals surface area contributed by atoms with E-state index in [0.717, 1.165) is 16.7 Å². The molecule has 2 rings (SSSR count). The van der Waals surface area contributed by atoms with Crippen LogP contribution in [-0.4, -0.2) is 19.3 Å². The van der Waals surface area contributed by atoms with Gasteiger partial charge in [0.05, 0.1) is 4.90 Å². The van der Waals surface area contributed by atoms with Gasteiger partial charge in [-0.15, -0.1) is 6.58 Å². The van der Waals surface area contributed by atoms with Gasteiger partial charge in [-0.2, -0.15) is 4.31 Å². The first-order valence-corrected chi connectivity index (χ1v) is 8.61. The number of nitrogens with zero attached hydrogens (tertiary/aromatic N) is 1. The zero-order valence-corrected chi connectivity index (χ0v) is 13.8. The molecule has 4 heteroatoms. The number of rotatable bonds is 6. The second kappa shape index (κ2) is 6.90. The van der Waals surface area contributed by atoms with Gasteiger partial charge in [0.25, 0.3) is 0 Å². The van der Waals surface area contributed by atoms with E-state index in [2.05, 4.69) is 6.58 Å². The standard InChI is InChI=1S/C18H21NO2S/c1-4-12-19(14-17-8-6-5-7-9-17)22(20,21)18-13-15(2)10-11-16(18)3/h4-11,13H,1,12,14H2,2-3H3. The van der Waals surface area contributed by atoms with E-state index in [1.807, 2.05) is 56.3 Å². The van der Waals surface area contributed by atoms with E-state index in [1.165, 1.54) is 4.31 Å². The van der Waals surface area contributed by atoms with Crippen LogP contribution in [0.4, 0.5) is 0 Å². The average Bonchev–Trinajstić information content (AvgIpc) is 2.50. The highest BCUT2D eigenvalue weighted by molar-refractivity contribution is 7.89. The van der Waals surface area contributed by atoms with Gasteiger partial charge in [-0.3, -0.25) is 0 Å². The first kappa shape index (κ1) is 16.5. The lowest BCUT2D eigenvalue weighted by molar-refractivity contribution is 0.438. The Hall–Kier alpha value is -1.91. The highest BCUT2D eigenvalue weighted by Gasteiger charge is 2.25. The molecule has 0 fully saturated rings. The van der Waals surface area contributed by atoms with Crippen molar-refractivity contribution in [3.05, 3.63) is 77.9 Å². The molecule has 0 atom stereocenters. The Morgan fingerprint density at radius 2 is 1.77 bits per heavy atom. The second-order valence-electron chi connectivity index (χ2n) is 5.34. The molecule has 0 radical (unpaired) electrons. The fourth-order valence-corrected chi connectivity index (χ4v) is 4.01. The maximum atomic E-state index is 13.0. The molecule has 0 bridgehead atoms. The average molecular weight is 315 g/mol. The maximum Gasteiger partial charge on any atom is 0.243 e. The van der Waals surface area contributed by atoms with Crippen molar-refractivity contribution in [1.82, 2.24) is 4.31 Å². The zero-order valence-electron chi connectivity index (χ0n) is 13.0. The molecule has 2 aromatic carbocycles. The van der Waals surface area contributed by atoms with Crippen molar-refractivity contribution in [3.63, 3.8) is 0 Å². The van der Waals surface area contributed by atoms with Crippen LogP contribution in [-0.2, 0) is 16.6 Å². The van der Waals surface area contributed by atoms with E-state index >= 15 is 0 Å². The van der Waals surface area contributed by atoms with Crippen molar-refractivity contribution in [3.8, 4) is 0 Å². The second-order valence-corrected chi connectivity index (χ2v) is 7.25. The molecule has 0 saturated heterocycles. The minimum absolute atomic E-state index is 0.282. The summed E-state index contributed by atoms with van der Waals surface area (Å²) >= 11 is 0. The number of hydrogen-bond donors (Lipinski definition) is 0. The number of aryl methyl sites for hydroxylation is 2. The Morgan fingerprint density at radius 1 is 1.09 bits per heavy atom. The summed E-state index contributed by atoms with van der Waals surface area (Å²) in [4.78, 5) is 0.366. The third-order valence-electron chi connectivity index (χ3n) is 3.50. The molecule has 0 N–H and O–H groups in total. The lowest BCUT2D eigenvalue weighted by atomic mass is 10.2. The van der Waals surface area contributed by atoms with Gasteiger partial charge in [-0.05, 0) is 36.6 Å². The van der Waals surface area contributed by atoms with Gasteiger partial charge in [0.15, 0.2) is 0 Å². The Kier molecular flexibility index (Phi) is 5.16. The highest BCUT2D eigenvalue weighted by Crippen LogP contribution is 2.22. The van der Waals surface area contributed by atoms with Gasteiger partial charge >= 0.3 is 0 Å². The van der Waals surface area contributed by atoms with Crippen LogP contribution in [0.15, 0.2) is 66.1 Å². The summed E-state index contributed by atoms with van der Waals surface area (Å²) in [6, 6.07) is 15.1. The minimum Gasteiger partial charge on any atom is -0.207 e. The number of hydrogen-bond acceptors (Lipinski definition) is 2. The molecule has 0 amide bonds. The Morgan fingerprint density at radius 3 is 2.41 bits per heavy atom. The molecule has 22 heavy (non-hydrogen) atoms. The quantitative estimate of drug-likeness (QED) is 0.763. The summed E-state index contributed by atoms with van der Waals surface area (Å²) in [5, 5.41) is 0. The van der Waals surface area contributed by atoms with E-state index in [9.17, 15) is 8.42 Å². The van der Waals surface area contributed by atoms with E-state index in [0.29, 0.717) is 11.4 Å². The van der Waals surface area contributed by atoms with Gasteiger partial charge in [0.2, 0.25) is 10.0 Å². The van der Waals surface area contributed by atoms with Crippen molar-refractivity contribution in [2.24, 2.45) is 0 Å². The van der Waals surface area contributed by atoms with Crippen LogP contribution in [0.25, 0.3) is 0 Å². The summed E-state index contributed by atoms with van der Waals surface area (Å²) in [6.07, 6.45) is 1.62. The molecule has 0 saturated carbocycles. The molecule has 0 unspecified atom stereocenters. The fourth-order valence-electron chi connectivity index (χ4n) is 2.30. The highest BCUT2D eigenvalue weighted by atomic mass is 32.2. The molecular weight excluding hydrogens is 294 g/mol. The van der Waals surface area contributed by atoms with E-state index < -0.39 is 10.0 Å². The van der Waals surface area contributed by atoms with Crippen molar-refractivity contribution in [1.29, 1.82) is 0 Å². The fraction of sp³-hybridized carbons (Fsp3) is 0.222. The van der Waals surface area contributed by atoms with Crippen LogP contribution < -0.4 is 0 Å². The third kappa shape index (κ3) is 3.64. The Labute approximate surface area is 133 Å². The molecular formula is C18H21NO2S. The first-order valence-electron chi connectivity index (χ1n) is 7.17. The van der Waals surface area contributed by atoms with Crippen molar-refractivity contribution in [2.45, 2.75) is 25.3 Å². The Balaban J connectivity index is 2.42. The summed E-state index contributed by atoms with van der Waals surface area (Å²) < 4.78 is 27.4. The SMILES string of the molecule is C=CCN(Cc1ccccc1)S(=O)(=O)c1cc(C)ccc1C. The predicted molar refractivity (Wildman–Crippen MR) is 90.2 cm³/mol. The zero-order chi connectivity index (χ0) is 16.2. The van der Waals surface area contributed by atoms with Crippen LogP contribution in [0.5, 0.6) is 0 Å². The third-order valence-corrected chi connectivity index (χ3v) is 5.45. The van der Waals surface area contributed by atoms with E-state index in [-0.39, 0.29) is 6.54 Å². The number of benzene rings is 2. The monoisotopic (exact) mass is 315 g/mol. The predicted octanol–water partition coefficient (Wildman–Crippen LogP) is 3.68. The van der Waals surface area contributed by atoms with Crippen LogP contribution in [0, 0.1) is 13.8 Å². The van der Waals surface area contributed by atoms with Crippen LogP contribution >= 0.6 is 0 Å². The summed E-state index contributed by atoms with van der Waals surface area (Å²) in [7, 11) is -3.55. The molecule has 0 heterocycles. The summed E-state index contributed by atoms with van der Waals surface area (Å²) in [6.45, 7) is 8.02. The molecule has 0 aliphatic heterocycles. The molecule has 0 aliphatic rings. The van der Waals surface area contributed by atoms with Crippen LogP contribution in [0.2, 0.25) is 0 Å². The molecule has 116 valence electrons. The summed E-state index contributed by atoms with van der Waals surface area (Å²) in [5.41, 5.74) is 2.65. The lowest BCUT2D eigenvalue weighted by Gasteiger charge is -2.22. The smallest absolute Gasteiger partial charge is 0.207 e. The van der Waals surface area contributed by atoms with E-state index in [1.54, 1.807) is 12.1 Å². The van der Waals surface area contributed by atoms with Crippen molar-refractivity contribution < 1.29 is 8.42 Å². The molecule has 2 aromatic rings. The lowest BCUT2D eigenvalue weighted by Crippen LogP contribution is -2.31. The van der Waals surface area contributed by atoms with Crippen LogP contribution in [0.3, 0.4) is 0 Å². The van der Waals surface area contributed by atoms with Gasteiger partial charge in [-0.1, -0.05) is 48.5 Å². The Bertz CT molecular complexity index is 752. The van der Waals surface area contributed by atoms with E-state index in [4.69, 9.17) is 0 Å². The van der Waals surface area contributed by atoms with Crippen molar-refractivity contribution >= 4 is 10.0 Å². The van der Waals surface area contributed by atoms with Gasteiger partial charge in [-0.25, -0.2) is 8.42 Å². The largest absolute Gasteiger partial charge is 0.243 e. The number of sulfonamides is 1. The van der Waals surface area contributed by atoms with Crippen molar-refractivity contribution in [2.75, 3.05) is 6.54 Å².